The van der Waals surface area contributed by atoms with Crippen molar-refractivity contribution in [2.45, 2.75) is 51.5 Å². The van der Waals surface area contributed by atoms with Gasteiger partial charge in [0.05, 0.1) is 18.7 Å². The lowest BCUT2D eigenvalue weighted by Gasteiger charge is -2.27. The molecule has 0 fully saturated rings. The summed E-state index contributed by atoms with van der Waals surface area (Å²) in [4.78, 5) is 49.5. The molecule has 0 saturated heterocycles. The third-order valence-electron chi connectivity index (χ3n) is 5.71. The standard InChI is InChI=1S/C25H29N3O5/c1-16-18-10-4-5-11-19(18)20-12-6-7-13-21(20)28(25(16)32)27-24(31)17(2)26-22(29)14-8-9-15-23(30)33-3/h4-7,10-13,16-17H,8-9,14-15H2,1-3H3,(H,26,29)(H,27,31)/t16?,17-/m0/s1. The van der Waals surface area contributed by atoms with Crippen LogP contribution in [0.3, 0.4) is 0 Å². The summed E-state index contributed by atoms with van der Waals surface area (Å²) in [7, 11) is 1.32. The number of carbonyl (C=O) groups is 4. The highest BCUT2D eigenvalue weighted by molar-refractivity contribution is 6.06. The van der Waals surface area contributed by atoms with Crippen molar-refractivity contribution in [3.8, 4) is 11.1 Å². The van der Waals surface area contributed by atoms with Gasteiger partial charge in [-0.15, -0.1) is 0 Å². The van der Waals surface area contributed by atoms with E-state index in [1.165, 1.54) is 12.1 Å². The Morgan fingerprint density at radius 3 is 2.36 bits per heavy atom. The number of fused-ring (bicyclic) bond motifs is 3. The summed E-state index contributed by atoms with van der Waals surface area (Å²) in [5.41, 5.74) is 5.95. The third-order valence-corrected chi connectivity index (χ3v) is 5.71. The van der Waals surface area contributed by atoms with Crippen LogP contribution in [0, 0.1) is 0 Å². The van der Waals surface area contributed by atoms with E-state index in [2.05, 4.69) is 15.5 Å². The lowest BCUT2D eigenvalue weighted by atomic mass is 9.92. The Hall–Kier alpha value is -3.68. The maximum absolute atomic E-state index is 13.3. The zero-order valence-corrected chi connectivity index (χ0v) is 19.1. The van der Waals surface area contributed by atoms with Gasteiger partial charge in [0.1, 0.15) is 6.04 Å². The van der Waals surface area contributed by atoms with Crippen molar-refractivity contribution < 1.29 is 23.9 Å². The molecule has 8 heteroatoms. The molecule has 33 heavy (non-hydrogen) atoms. The summed E-state index contributed by atoms with van der Waals surface area (Å²) < 4.78 is 4.57. The molecule has 2 aromatic rings. The molecule has 1 aliphatic rings. The summed E-state index contributed by atoms with van der Waals surface area (Å²) in [5, 5.41) is 3.93. The molecule has 3 amide bonds. The van der Waals surface area contributed by atoms with Crippen LogP contribution in [0.1, 0.15) is 51.0 Å². The molecule has 0 spiro atoms. The first kappa shape index (κ1) is 24.0. The van der Waals surface area contributed by atoms with Gasteiger partial charge in [0.15, 0.2) is 0 Å². The monoisotopic (exact) mass is 451 g/mol. The highest BCUT2D eigenvalue weighted by Crippen LogP contribution is 2.39. The average Bonchev–Trinajstić information content (AvgIpc) is 2.91. The molecule has 1 heterocycles. The number of carbonyl (C=O) groups excluding carboxylic acids is 4. The Bertz CT molecular complexity index is 1050. The molecule has 0 saturated carbocycles. The Kier molecular flexibility index (Phi) is 7.82. The van der Waals surface area contributed by atoms with E-state index in [1.54, 1.807) is 13.0 Å². The van der Waals surface area contributed by atoms with Gasteiger partial charge >= 0.3 is 5.97 Å². The van der Waals surface area contributed by atoms with E-state index in [4.69, 9.17) is 0 Å². The quantitative estimate of drug-likeness (QED) is 0.474. The van der Waals surface area contributed by atoms with Crippen LogP contribution in [0.15, 0.2) is 48.5 Å². The first-order valence-corrected chi connectivity index (χ1v) is 11.0. The number of unbranched alkanes of at least 4 members (excludes halogenated alkanes) is 1. The van der Waals surface area contributed by atoms with E-state index in [9.17, 15) is 19.2 Å². The van der Waals surface area contributed by atoms with Gasteiger partial charge in [-0.2, -0.15) is 0 Å². The molecule has 2 N–H and O–H groups in total. The van der Waals surface area contributed by atoms with Gasteiger partial charge in [0, 0.05) is 18.4 Å². The van der Waals surface area contributed by atoms with Gasteiger partial charge in [-0.25, -0.2) is 5.01 Å². The van der Waals surface area contributed by atoms with E-state index in [-0.39, 0.29) is 30.6 Å². The number of hydrogen-bond acceptors (Lipinski definition) is 5. The Balaban J connectivity index is 1.68. The molecular formula is C25H29N3O5. The van der Waals surface area contributed by atoms with Crippen LogP contribution < -0.4 is 15.8 Å². The second-order valence-corrected chi connectivity index (χ2v) is 8.05. The molecule has 0 aliphatic carbocycles. The minimum absolute atomic E-state index is 0.187. The van der Waals surface area contributed by atoms with Gasteiger partial charge in [-0.05, 0) is 43.9 Å². The Morgan fingerprint density at radius 2 is 1.64 bits per heavy atom. The van der Waals surface area contributed by atoms with Gasteiger partial charge in [0.25, 0.3) is 11.8 Å². The molecule has 0 aromatic heterocycles. The number of hydrogen-bond donors (Lipinski definition) is 2. The number of methoxy groups -OCH3 is 1. The Labute approximate surface area is 193 Å². The smallest absolute Gasteiger partial charge is 0.305 e. The van der Waals surface area contributed by atoms with Crippen LogP contribution in [0.4, 0.5) is 5.69 Å². The fourth-order valence-electron chi connectivity index (χ4n) is 3.82. The summed E-state index contributed by atoms with van der Waals surface area (Å²) >= 11 is 0. The number of hydrazine groups is 1. The van der Waals surface area contributed by atoms with Crippen LogP contribution in [0.2, 0.25) is 0 Å². The highest BCUT2D eigenvalue weighted by atomic mass is 16.5. The van der Waals surface area contributed by atoms with E-state index in [0.29, 0.717) is 18.5 Å². The van der Waals surface area contributed by atoms with E-state index in [0.717, 1.165) is 16.7 Å². The van der Waals surface area contributed by atoms with Crippen molar-refractivity contribution in [3.63, 3.8) is 0 Å². The summed E-state index contributed by atoms with van der Waals surface area (Å²) in [5.74, 6) is -1.84. The number of rotatable bonds is 8. The van der Waals surface area contributed by atoms with E-state index < -0.39 is 17.9 Å². The highest BCUT2D eigenvalue weighted by Gasteiger charge is 2.33. The number of amides is 3. The van der Waals surface area contributed by atoms with Gasteiger partial charge in [-0.3, -0.25) is 24.6 Å². The second-order valence-electron chi connectivity index (χ2n) is 8.05. The van der Waals surface area contributed by atoms with Crippen molar-refractivity contribution >= 4 is 29.4 Å². The maximum Gasteiger partial charge on any atom is 0.305 e. The first-order valence-electron chi connectivity index (χ1n) is 11.0. The maximum atomic E-state index is 13.3. The van der Waals surface area contributed by atoms with Gasteiger partial charge in [-0.1, -0.05) is 42.5 Å². The number of nitrogens with zero attached hydrogens (tertiary/aromatic N) is 1. The van der Waals surface area contributed by atoms with Gasteiger partial charge in [0.2, 0.25) is 5.91 Å². The normalized spacial score (nSPS) is 15.5. The molecule has 174 valence electrons. The van der Waals surface area contributed by atoms with E-state index in [1.807, 2.05) is 49.4 Å². The van der Waals surface area contributed by atoms with Crippen molar-refractivity contribution in [1.82, 2.24) is 10.7 Å². The fourth-order valence-corrected chi connectivity index (χ4v) is 3.82. The van der Waals surface area contributed by atoms with E-state index >= 15 is 0 Å². The molecule has 2 atom stereocenters. The van der Waals surface area contributed by atoms with Crippen molar-refractivity contribution in [2.75, 3.05) is 12.1 Å². The van der Waals surface area contributed by atoms with Crippen LogP contribution in [0.25, 0.3) is 11.1 Å². The number of para-hydroxylation sites is 1. The topological polar surface area (TPSA) is 105 Å². The number of anilines is 1. The molecule has 1 unspecified atom stereocenters. The predicted molar refractivity (Wildman–Crippen MR) is 124 cm³/mol. The lowest BCUT2D eigenvalue weighted by molar-refractivity contribution is -0.140. The predicted octanol–water partition coefficient (Wildman–Crippen LogP) is 3.07. The molecule has 0 radical (unpaired) electrons. The molecule has 2 aromatic carbocycles. The minimum Gasteiger partial charge on any atom is -0.469 e. The average molecular weight is 452 g/mol. The summed E-state index contributed by atoms with van der Waals surface area (Å²) in [6.07, 6.45) is 1.46. The second kappa shape index (κ2) is 10.8. The largest absolute Gasteiger partial charge is 0.469 e. The number of ether oxygens (including phenoxy) is 1. The minimum atomic E-state index is -0.848. The fraction of sp³-hybridized carbons (Fsp3) is 0.360. The van der Waals surface area contributed by atoms with Crippen molar-refractivity contribution in [2.24, 2.45) is 0 Å². The van der Waals surface area contributed by atoms with Crippen LogP contribution in [-0.4, -0.2) is 36.8 Å². The molecule has 3 rings (SSSR count). The number of benzene rings is 2. The lowest BCUT2D eigenvalue weighted by Crippen LogP contribution is -2.54. The molecule has 8 nitrogen and oxygen atoms in total. The molecule has 0 bridgehead atoms. The number of esters is 1. The zero-order valence-electron chi connectivity index (χ0n) is 19.1. The van der Waals surface area contributed by atoms with Crippen LogP contribution in [0.5, 0.6) is 0 Å². The molecular weight excluding hydrogens is 422 g/mol. The molecule has 1 aliphatic heterocycles. The number of nitrogens with one attached hydrogen (secondary N) is 2. The van der Waals surface area contributed by atoms with Crippen LogP contribution >= 0.6 is 0 Å². The van der Waals surface area contributed by atoms with Crippen molar-refractivity contribution in [1.29, 1.82) is 0 Å². The first-order chi connectivity index (χ1) is 15.8. The SMILES string of the molecule is COC(=O)CCCCC(=O)N[C@@H](C)C(=O)NN1C(=O)C(C)c2ccccc2-c2ccccc21. The third kappa shape index (κ3) is 5.58. The Morgan fingerprint density at radius 1 is 1.00 bits per heavy atom. The van der Waals surface area contributed by atoms with Crippen LogP contribution in [-0.2, 0) is 23.9 Å². The zero-order chi connectivity index (χ0) is 24.0. The summed E-state index contributed by atoms with van der Waals surface area (Å²) in [6.45, 7) is 3.37. The van der Waals surface area contributed by atoms with Crippen molar-refractivity contribution in [3.05, 3.63) is 54.1 Å². The summed E-state index contributed by atoms with van der Waals surface area (Å²) in [6, 6.07) is 14.2. The van der Waals surface area contributed by atoms with Gasteiger partial charge < -0.3 is 10.1 Å².